The lowest BCUT2D eigenvalue weighted by Crippen LogP contribution is -2.46. The van der Waals surface area contributed by atoms with E-state index in [9.17, 15) is 9.59 Å². The van der Waals surface area contributed by atoms with Crippen molar-refractivity contribution in [1.82, 2.24) is 15.4 Å². The molecule has 0 saturated carbocycles. The molecule has 0 atom stereocenters. The number of aromatic nitrogens is 1. The van der Waals surface area contributed by atoms with Gasteiger partial charge in [-0.3, -0.25) is 9.59 Å². The van der Waals surface area contributed by atoms with E-state index in [1.165, 1.54) is 0 Å². The first-order valence-electron chi connectivity index (χ1n) is 12.2. The van der Waals surface area contributed by atoms with Gasteiger partial charge in [-0.15, -0.1) is 0 Å². The summed E-state index contributed by atoms with van der Waals surface area (Å²) in [6, 6.07) is 21.0. The molecule has 3 aromatic carbocycles. The number of likely N-dealkylation sites (tertiary alicyclic amines) is 1. The third-order valence-corrected chi connectivity index (χ3v) is 6.78. The highest BCUT2D eigenvalue weighted by Gasteiger charge is 2.27. The van der Waals surface area contributed by atoms with E-state index < -0.39 is 0 Å². The van der Waals surface area contributed by atoms with Crippen molar-refractivity contribution in [3.05, 3.63) is 94.9 Å². The van der Waals surface area contributed by atoms with Crippen LogP contribution in [-0.4, -0.2) is 41.0 Å². The van der Waals surface area contributed by atoms with Gasteiger partial charge in [0.05, 0.1) is 16.8 Å². The second kappa shape index (κ2) is 10.2. The molecule has 0 spiro atoms. The zero-order chi connectivity index (χ0) is 25.1. The molecule has 1 aromatic heterocycles. The molecule has 2 heterocycles. The van der Waals surface area contributed by atoms with Crippen molar-refractivity contribution in [3.63, 3.8) is 0 Å². The van der Waals surface area contributed by atoms with Crippen molar-refractivity contribution in [2.45, 2.75) is 39.3 Å². The predicted octanol–water partition coefficient (Wildman–Crippen LogP) is 5.06. The Morgan fingerprint density at radius 3 is 2.33 bits per heavy atom. The molecular formula is C29H29N3O4. The topological polar surface area (TPSA) is 84.7 Å². The summed E-state index contributed by atoms with van der Waals surface area (Å²) in [5.74, 6) is 1.10. The highest BCUT2D eigenvalue weighted by Crippen LogP contribution is 2.29. The summed E-state index contributed by atoms with van der Waals surface area (Å²) < 4.78 is 11.4. The maximum atomic E-state index is 13.6. The number of benzene rings is 3. The molecule has 0 radical (unpaired) electrons. The first-order chi connectivity index (χ1) is 17.5. The number of hydrogen-bond donors (Lipinski definition) is 1. The standard InChI is InChI=1S/C29H29N3O4/c1-19-26(20(2)36-31-19)18-35-27-17-23-11-7-6-10-22(23)16-25(27)29(34)32-14-12-24(13-15-32)30-28(33)21-8-4-3-5-9-21/h3-11,16-17,24H,12-15,18H2,1-2H3,(H,30,33). The number of nitrogens with one attached hydrogen (secondary N) is 1. The van der Waals surface area contributed by atoms with Gasteiger partial charge >= 0.3 is 0 Å². The van der Waals surface area contributed by atoms with Crippen molar-refractivity contribution >= 4 is 22.6 Å². The van der Waals surface area contributed by atoms with E-state index in [1.54, 1.807) is 12.1 Å². The number of carbonyl (C=O) groups is 2. The molecule has 7 nitrogen and oxygen atoms in total. The van der Waals surface area contributed by atoms with Crippen molar-refractivity contribution < 1.29 is 18.8 Å². The predicted molar refractivity (Wildman–Crippen MR) is 137 cm³/mol. The van der Waals surface area contributed by atoms with Crippen LogP contribution < -0.4 is 10.1 Å². The number of amides is 2. The zero-order valence-corrected chi connectivity index (χ0v) is 20.5. The van der Waals surface area contributed by atoms with Crippen LogP contribution in [0.2, 0.25) is 0 Å². The van der Waals surface area contributed by atoms with Crippen LogP contribution in [0.15, 0.2) is 71.3 Å². The summed E-state index contributed by atoms with van der Waals surface area (Å²) in [5.41, 5.74) is 2.84. The van der Waals surface area contributed by atoms with Crippen LogP contribution >= 0.6 is 0 Å². The van der Waals surface area contributed by atoms with Crippen LogP contribution in [0.25, 0.3) is 10.8 Å². The molecule has 5 rings (SSSR count). The summed E-state index contributed by atoms with van der Waals surface area (Å²) in [7, 11) is 0. The first-order valence-corrected chi connectivity index (χ1v) is 12.2. The maximum absolute atomic E-state index is 13.6. The molecule has 0 bridgehead atoms. The maximum Gasteiger partial charge on any atom is 0.257 e. The van der Waals surface area contributed by atoms with Gasteiger partial charge < -0.3 is 19.5 Å². The minimum atomic E-state index is -0.0788. The van der Waals surface area contributed by atoms with Crippen molar-refractivity contribution in [1.29, 1.82) is 0 Å². The highest BCUT2D eigenvalue weighted by molar-refractivity contribution is 6.01. The molecule has 4 aromatic rings. The summed E-state index contributed by atoms with van der Waals surface area (Å²) in [4.78, 5) is 28.0. The summed E-state index contributed by atoms with van der Waals surface area (Å²) >= 11 is 0. The Morgan fingerprint density at radius 1 is 1.00 bits per heavy atom. The smallest absolute Gasteiger partial charge is 0.257 e. The van der Waals surface area contributed by atoms with Gasteiger partial charge in [0.15, 0.2) is 0 Å². The Bertz CT molecular complexity index is 1370. The average molecular weight is 484 g/mol. The van der Waals surface area contributed by atoms with Gasteiger partial charge in [-0.1, -0.05) is 47.6 Å². The van der Waals surface area contributed by atoms with Crippen LogP contribution in [0.4, 0.5) is 0 Å². The quantitative estimate of drug-likeness (QED) is 0.415. The largest absolute Gasteiger partial charge is 0.488 e. The van der Waals surface area contributed by atoms with E-state index in [1.807, 2.05) is 73.3 Å². The second-order valence-electron chi connectivity index (χ2n) is 9.19. The van der Waals surface area contributed by atoms with E-state index in [0.29, 0.717) is 48.6 Å². The van der Waals surface area contributed by atoms with Gasteiger partial charge in [0.2, 0.25) is 0 Å². The van der Waals surface area contributed by atoms with Gasteiger partial charge in [-0.25, -0.2) is 0 Å². The van der Waals surface area contributed by atoms with Crippen molar-refractivity contribution in [2.75, 3.05) is 13.1 Å². The number of hydrogen-bond acceptors (Lipinski definition) is 5. The molecular weight excluding hydrogens is 454 g/mol. The van der Waals surface area contributed by atoms with Gasteiger partial charge in [-0.2, -0.15) is 0 Å². The Labute approximate surface area is 210 Å². The summed E-state index contributed by atoms with van der Waals surface area (Å²) in [5, 5.41) is 9.08. The lowest BCUT2D eigenvalue weighted by Gasteiger charge is -2.33. The molecule has 184 valence electrons. The SMILES string of the molecule is Cc1noc(C)c1COc1cc2ccccc2cc1C(=O)N1CCC(NC(=O)c2ccccc2)CC1. The van der Waals surface area contributed by atoms with E-state index >= 15 is 0 Å². The number of piperidine rings is 1. The van der Waals surface area contributed by atoms with Crippen LogP contribution in [-0.2, 0) is 6.61 Å². The fraction of sp³-hybridized carbons (Fsp3) is 0.276. The molecule has 0 unspecified atom stereocenters. The van der Waals surface area contributed by atoms with E-state index in [-0.39, 0.29) is 24.5 Å². The van der Waals surface area contributed by atoms with Crippen LogP contribution in [0, 0.1) is 13.8 Å². The van der Waals surface area contributed by atoms with Gasteiger partial charge in [0.1, 0.15) is 18.1 Å². The molecule has 1 aliphatic heterocycles. The van der Waals surface area contributed by atoms with Gasteiger partial charge in [0, 0.05) is 24.7 Å². The van der Waals surface area contributed by atoms with Crippen molar-refractivity contribution in [3.8, 4) is 5.75 Å². The number of fused-ring (bicyclic) bond motifs is 1. The minimum absolute atomic E-state index is 0.0358. The minimum Gasteiger partial charge on any atom is -0.488 e. The van der Waals surface area contributed by atoms with E-state index in [2.05, 4.69) is 10.5 Å². The Hall–Kier alpha value is -4.13. The third kappa shape index (κ3) is 4.96. The van der Waals surface area contributed by atoms with Gasteiger partial charge in [0.25, 0.3) is 11.8 Å². The molecule has 0 aliphatic carbocycles. The molecule has 36 heavy (non-hydrogen) atoms. The fourth-order valence-electron chi connectivity index (χ4n) is 4.62. The van der Waals surface area contributed by atoms with Crippen LogP contribution in [0.1, 0.15) is 50.6 Å². The average Bonchev–Trinajstić information content (AvgIpc) is 3.24. The zero-order valence-electron chi connectivity index (χ0n) is 20.5. The van der Waals surface area contributed by atoms with Gasteiger partial charge in [-0.05, 0) is 61.7 Å². The van der Waals surface area contributed by atoms with E-state index in [0.717, 1.165) is 22.0 Å². The number of nitrogens with zero attached hydrogens (tertiary/aromatic N) is 2. The Kier molecular flexibility index (Phi) is 6.71. The fourth-order valence-corrected chi connectivity index (χ4v) is 4.62. The number of carbonyl (C=O) groups excluding carboxylic acids is 2. The molecule has 2 amide bonds. The molecule has 1 fully saturated rings. The number of rotatable bonds is 6. The number of aryl methyl sites for hydroxylation is 2. The highest BCUT2D eigenvalue weighted by atomic mass is 16.5. The molecule has 1 N–H and O–H groups in total. The Balaban J connectivity index is 1.31. The molecule has 7 heteroatoms. The monoisotopic (exact) mass is 483 g/mol. The van der Waals surface area contributed by atoms with Crippen molar-refractivity contribution in [2.24, 2.45) is 0 Å². The molecule has 1 saturated heterocycles. The Morgan fingerprint density at radius 2 is 1.67 bits per heavy atom. The summed E-state index contributed by atoms with van der Waals surface area (Å²) in [6.45, 7) is 5.13. The number of ether oxygens (including phenoxy) is 1. The summed E-state index contributed by atoms with van der Waals surface area (Å²) in [6.07, 6.45) is 1.40. The third-order valence-electron chi connectivity index (χ3n) is 6.78. The second-order valence-corrected chi connectivity index (χ2v) is 9.19. The van der Waals surface area contributed by atoms with Crippen LogP contribution in [0.5, 0.6) is 5.75 Å². The lowest BCUT2D eigenvalue weighted by atomic mass is 10.0. The van der Waals surface area contributed by atoms with E-state index in [4.69, 9.17) is 9.26 Å². The molecule has 1 aliphatic rings. The lowest BCUT2D eigenvalue weighted by molar-refractivity contribution is 0.0693. The first kappa shape index (κ1) is 23.6. The normalized spacial score (nSPS) is 14.1. The van der Waals surface area contributed by atoms with Crippen LogP contribution in [0.3, 0.4) is 0 Å².